The minimum absolute atomic E-state index is 0.0202. The normalized spacial score (nSPS) is 11.4. The van der Waals surface area contributed by atoms with Gasteiger partial charge in [-0.2, -0.15) is 8.42 Å². The van der Waals surface area contributed by atoms with E-state index in [-0.39, 0.29) is 5.03 Å². The molecule has 7 heteroatoms. The number of hydrogen-bond acceptors (Lipinski definition) is 3. The van der Waals surface area contributed by atoms with E-state index in [1.165, 1.54) is 12.5 Å². The summed E-state index contributed by atoms with van der Waals surface area (Å²) < 4.78 is 26.2. The van der Waals surface area contributed by atoms with E-state index in [9.17, 15) is 8.42 Å². The van der Waals surface area contributed by atoms with Gasteiger partial charge in [0.15, 0.2) is 5.03 Å². The van der Waals surface area contributed by atoms with Gasteiger partial charge in [-0.1, -0.05) is 11.6 Å². The van der Waals surface area contributed by atoms with Crippen molar-refractivity contribution in [2.75, 3.05) is 4.72 Å². The number of rotatable bonds is 3. The highest BCUT2D eigenvalue weighted by Crippen LogP contribution is 2.21. The molecule has 1 aromatic heterocycles. The van der Waals surface area contributed by atoms with Crippen LogP contribution in [0.25, 0.3) is 0 Å². The molecule has 0 saturated carbocycles. The van der Waals surface area contributed by atoms with Gasteiger partial charge in [-0.05, 0) is 30.7 Å². The first-order valence-electron chi connectivity index (χ1n) is 4.76. The molecule has 0 radical (unpaired) electrons. The predicted octanol–water partition coefficient (Wildman–Crippen LogP) is 2.17. The molecule has 0 spiro atoms. The minimum Gasteiger partial charge on any atom is -0.334 e. The van der Waals surface area contributed by atoms with Gasteiger partial charge in [0.05, 0.1) is 18.2 Å². The lowest BCUT2D eigenvalue weighted by atomic mass is 10.2. The van der Waals surface area contributed by atoms with Gasteiger partial charge in [0, 0.05) is 5.02 Å². The molecule has 1 heterocycles. The number of halogens is 1. The third-order valence-corrected chi connectivity index (χ3v) is 3.72. The molecular formula is C10H10ClN3O2S. The number of sulfonamides is 1. The molecule has 2 aromatic rings. The van der Waals surface area contributed by atoms with Gasteiger partial charge < -0.3 is 4.98 Å². The first kappa shape index (κ1) is 11.9. The quantitative estimate of drug-likeness (QED) is 0.898. The largest absolute Gasteiger partial charge is 0.334 e. The maximum absolute atomic E-state index is 11.9. The van der Waals surface area contributed by atoms with Crippen molar-refractivity contribution < 1.29 is 8.42 Å². The molecule has 0 bridgehead atoms. The second-order valence-corrected chi connectivity index (χ2v) is 5.57. The number of aryl methyl sites for hydroxylation is 1. The summed E-state index contributed by atoms with van der Waals surface area (Å²) in [5, 5.41) is 0.582. The molecule has 0 aliphatic carbocycles. The predicted molar refractivity (Wildman–Crippen MR) is 65.6 cm³/mol. The van der Waals surface area contributed by atoms with Gasteiger partial charge in [0.2, 0.25) is 0 Å². The van der Waals surface area contributed by atoms with Crippen LogP contribution in [0.3, 0.4) is 0 Å². The van der Waals surface area contributed by atoms with Gasteiger partial charge in [0.25, 0.3) is 10.0 Å². The van der Waals surface area contributed by atoms with E-state index in [2.05, 4.69) is 14.7 Å². The fourth-order valence-electron chi connectivity index (χ4n) is 1.33. The van der Waals surface area contributed by atoms with E-state index in [1.54, 1.807) is 25.1 Å². The van der Waals surface area contributed by atoms with Crippen molar-refractivity contribution >= 4 is 27.3 Å². The van der Waals surface area contributed by atoms with Crippen LogP contribution in [0.5, 0.6) is 0 Å². The van der Waals surface area contributed by atoms with Crippen LogP contribution in [-0.4, -0.2) is 18.4 Å². The van der Waals surface area contributed by atoms with Crippen LogP contribution in [0.1, 0.15) is 5.56 Å². The molecule has 1 aromatic carbocycles. The van der Waals surface area contributed by atoms with E-state index in [0.717, 1.165) is 5.56 Å². The smallest absolute Gasteiger partial charge is 0.278 e. The third kappa shape index (κ3) is 2.59. The molecule has 2 rings (SSSR count). The van der Waals surface area contributed by atoms with E-state index < -0.39 is 10.0 Å². The van der Waals surface area contributed by atoms with E-state index in [0.29, 0.717) is 10.7 Å². The molecule has 0 fully saturated rings. The Morgan fingerprint density at radius 1 is 1.41 bits per heavy atom. The Balaban J connectivity index is 2.33. The van der Waals surface area contributed by atoms with Crippen molar-refractivity contribution in [1.82, 2.24) is 9.97 Å². The van der Waals surface area contributed by atoms with Crippen molar-refractivity contribution in [3.05, 3.63) is 41.3 Å². The highest BCUT2D eigenvalue weighted by Gasteiger charge is 2.16. The van der Waals surface area contributed by atoms with Gasteiger partial charge in [0.1, 0.15) is 0 Å². The first-order chi connectivity index (χ1) is 7.99. The SMILES string of the molecule is Cc1cc(Cl)ccc1NS(=O)(=O)c1cnc[nH]1. The first-order valence-corrected chi connectivity index (χ1v) is 6.62. The topological polar surface area (TPSA) is 74.8 Å². The van der Waals surface area contributed by atoms with Crippen molar-refractivity contribution in [2.45, 2.75) is 11.9 Å². The summed E-state index contributed by atoms with van der Waals surface area (Å²) >= 11 is 5.79. The molecule has 90 valence electrons. The van der Waals surface area contributed by atoms with Crippen LogP contribution in [0.15, 0.2) is 35.7 Å². The van der Waals surface area contributed by atoms with Crippen molar-refractivity contribution in [3.8, 4) is 0 Å². The highest BCUT2D eigenvalue weighted by atomic mass is 35.5. The number of aromatic nitrogens is 2. The maximum Gasteiger partial charge on any atom is 0.278 e. The molecule has 17 heavy (non-hydrogen) atoms. The molecule has 2 N–H and O–H groups in total. The molecule has 0 unspecified atom stereocenters. The summed E-state index contributed by atoms with van der Waals surface area (Å²) in [4.78, 5) is 6.21. The summed E-state index contributed by atoms with van der Waals surface area (Å²) in [6.45, 7) is 1.77. The van der Waals surface area contributed by atoms with E-state index in [1.807, 2.05) is 0 Å². The lowest BCUT2D eigenvalue weighted by Gasteiger charge is -2.09. The highest BCUT2D eigenvalue weighted by molar-refractivity contribution is 7.92. The van der Waals surface area contributed by atoms with Crippen LogP contribution >= 0.6 is 11.6 Å². The summed E-state index contributed by atoms with van der Waals surface area (Å²) in [5.41, 5.74) is 1.24. The zero-order valence-corrected chi connectivity index (χ0v) is 10.5. The molecular weight excluding hydrogens is 262 g/mol. The monoisotopic (exact) mass is 271 g/mol. The number of benzene rings is 1. The van der Waals surface area contributed by atoms with Crippen LogP contribution in [0, 0.1) is 6.92 Å². The third-order valence-electron chi connectivity index (χ3n) is 2.20. The lowest BCUT2D eigenvalue weighted by Crippen LogP contribution is -2.14. The van der Waals surface area contributed by atoms with Gasteiger partial charge in [-0.25, -0.2) is 4.98 Å². The summed E-state index contributed by atoms with van der Waals surface area (Å²) in [6.07, 6.45) is 2.55. The van der Waals surface area contributed by atoms with Crippen LogP contribution in [-0.2, 0) is 10.0 Å². The van der Waals surface area contributed by atoms with Gasteiger partial charge in [-0.15, -0.1) is 0 Å². The zero-order chi connectivity index (χ0) is 12.5. The lowest BCUT2D eigenvalue weighted by molar-refractivity contribution is 0.598. The summed E-state index contributed by atoms with van der Waals surface area (Å²) in [5.74, 6) is 0. The number of imidazole rings is 1. The standard InChI is InChI=1S/C10H10ClN3O2S/c1-7-4-8(11)2-3-9(7)14-17(15,16)10-5-12-6-13-10/h2-6,14H,1H3,(H,12,13). The van der Waals surface area contributed by atoms with Gasteiger partial charge >= 0.3 is 0 Å². The van der Waals surface area contributed by atoms with Crippen LogP contribution in [0.2, 0.25) is 5.02 Å². The summed E-state index contributed by atoms with van der Waals surface area (Å²) in [7, 11) is -3.62. The Bertz CT molecular complexity index is 623. The number of nitrogens with one attached hydrogen (secondary N) is 2. The number of H-pyrrole nitrogens is 1. The number of nitrogens with zero attached hydrogens (tertiary/aromatic N) is 1. The van der Waals surface area contributed by atoms with Gasteiger partial charge in [-0.3, -0.25) is 4.72 Å². The van der Waals surface area contributed by atoms with Crippen molar-refractivity contribution in [3.63, 3.8) is 0 Å². The summed E-state index contributed by atoms with van der Waals surface area (Å²) in [6, 6.07) is 4.93. The Hall–Kier alpha value is -1.53. The Kier molecular flexibility index (Phi) is 3.08. The van der Waals surface area contributed by atoms with E-state index >= 15 is 0 Å². The minimum atomic E-state index is -3.62. The fourth-order valence-corrected chi connectivity index (χ4v) is 2.59. The Labute approximate surface area is 104 Å². The molecule has 0 aliphatic heterocycles. The maximum atomic E-state index is 11.9. The second kappa shape index (κ2) is 4.38. The molecule has 0 aliphatic rings. The van der Waals surface area contributed by atoms with Crippen molar-refractivity contribution in [2.24, 2.45) is 0 Å². The molecule has 0 atom stereocenters. The average Bonchev–Trinajstić information content (AvgIpc) is 2.76. The number of aromatic amines is 1. The number of hydrogen-bond donors (Lipinski definition) is 2. The van der Waals surface area contributed by atoms with E-state index in [4.69, 9.17) is 11.6 Å². The Morgan fingerprint density at radius 2 is 2.18 bits per heavy atom. The van der Waals surface area contributed by atoms with Crippen LogP contribution < -0.4 is 4.72 Å². The average molecular weight is 272 g/mol. The van der Waals surface area contributed by atoms with Crippen LogP contribution in [0.4, 0.5) is 5.69 Å². The Morgan fingerprint density at radius 3 is 2.76 bits per heavy atom. The molecule has 0 amide bonds. The number of anilines is 1. The van der Waals surface area contributed by atoms with Crippen molar-refractivity contribution in [1.29, 1.82) is 0 Å². The molecule has 0 saturated heterocycles. The zero-order valence-electron chi connectivity index (χ0n) is 8.94. The molecule has 5 nitrogen and oxygen atoms in total. The fraction of sp³-hybridized carbons (Fsp3) is 0.100. The second-order valence-electron chi connectivity index (χ2n) is 3.48.